The van der Waals surface area contributed by atoms with Gasteiger partial charge in [0.25, 0.3) is 5.91 Å². The van der Waals surface area contributed by atoms with Gasteiger partial charge in [0, 0.05) is 18.3 Å². The summed E-state index contributed by atoms with van der Waals surface area (Å²) in [6, 6.07) is 10.8. The van der Waals surface area contributed by atoms with Crippen molar-refractivity contribution in [2.24, 2.45) is 5.73 Å². The van der Waals surface area contributed by atoms with Crippen LogP contribution in [0.3, 0.4) is 0 Å². The van der Waals surface area contributed by atoms with E-state index in [0.717, 1.165) is 5.56 Å². The number of nitriles is 1. The van der Waals surface area contributed by atoms with Crippen LogP contribution in [0, 0.1) is 18.8 Å². The fourth-order valence-corrected chi connectivity index (χ4v) is 1.69. The number of hydrogen-bond acceptors (Lipinski definition) is 5. The fraction of sp³-hybridized carbons (Fsp3) is 0.133. The van der Waals surface area contributed by atoms with E-state index in [-0.39, 0.29) is 23.8 Å². The number of aromatic nitrogens is 1. The molecule has 1 aromatic carbocycles. The zero-order valence-corrected chi connectivity index (χ0v) is 11.5. The van der Waals surface area contributed by atoms with Crippen molar-refractivity contribution >= 4 is 5.91 Å². The van der Waals surface area contributed by atoms with E-state index < -0.39 is 5.91 Å². The zero-order chi connectivity index (χ0) is 15.8. The second kappa shape index (κ2) is 7.50. The molecule has 0 aliphatic heterocycles. The van der Waals surface area contributed by atoms with Crippen molar-refractivity contribution in [3.8, 4) is 18.2 Å². The molecule has 1 aromatic heterocycles. The first-order valence-electron chi connectivity index (χ1n) is 6.01. The minimum Gasteiger partial charge on any atom is -0.507 e. The molecule has 0 unspecified atom stereocenters. The minimum atomic E-state index is -0.770. The first kappa shape index (κ1) is 16.0. The highest BCUT2D eigenvalue weighted by Crippen LogP contribution is 2.26. The van der Waals surface area contributed by atoms with Gasteiger partial charge in [0.1, 0.15) is 17.9 Å². The molecule has 0 fully saturated rings. The van der Waals surface area contributed by atoms with Crippen molar-refractivity contribution < 1.29 is 14.6 Å². The number of carbonyl (C=O) groups excluding carboxylic acids is 1. The molecule has 0 aliphatic rings. The molecule has 0 saturated heterocycles. The van der Waals surface area contributed by atoms with Crippen LogP contribution in [0.1, 0.15) is 21.6 Å². The molecule has 21 heavy (non-hydrogen) atoms. The lowest BCUT2D eigenvalue weighted by atomic mass is 10.2. The quantitative estimate of drug-likeness (QED) is 0.891. The molecule has 0 spiro atoms. The second-order valence-electron chi connectivity index (χ2n) is 4.10. The average molecular weight is 285 g/mol. The van der Waals surface area contributed by atoms with Crippen molar-refractivity contribution in [2.45, 2.75) is 13.5 Å². The van der Waals surface area contributed by atoms with E-state index in [4.69, 9.17) is 15.7 Å². The highest BCUT2D eigenvalue weighted by Gasteiger charge is 2.17. The molecule has 0 atom stereocenters. The van der Waals surface area contributed by atoms with Crippen molar-refractivity contribution in [1.82, 2.24) is 4.98 Å². The van der Waals surface area contributed by atoms with Gasteiger partial charge in [0.2, 0.25) is 5.88 Å². The number of nitrogens with two attached hydrogens (primary N) is 1. The van der Waals surface area contributed by atoms with Gasteiger partial charge in [-0.05, 0) is 12.5 Å². The van der Waals surface area contributed by atoms with Crippen LogP contribution in [0.2, 0.25) is 0 Å². The number of primary amides is 1. The highest BCUT2D eigenvalue weighted by atomic mass is 16.5. The third-order valence-electron chi connectivity index (χ3n) is 2.56. The molecule has 3 N–H and O–H groups in total. The number of amides is 1. The van der Waals surface area contributed by atoms with Crippen molar-refractivity contribution in [2.75, 3.05) is 0 Å². The van der Waals surface area contributed by atoms with Gasteiger partial charge in [-0.3, -0.25) is 4.79 Å². The van der Waals surface area contributed by atoms with Gasteiger partial charge in [-0.1, -0.05) is 30.3 Å². The molecular formula is C15H15N3O3. The Morgan fingerprint density at radius 2 is 2.00 bits per heavy atom. The molecule has 1 heterocycles. The zero-order valence-electron chi connectivity index (χ0n) is 11.5. The Labute approximate surface area is 122 Å². The first-order valence-corrected chi connectivity index (χ1v) is 6.01. The number of carbonyl (C=O) groups is 1. The molecule has 0 aliphatic carbocycles. The van der Waals surface area contributed by atoms with Gasteiger partial charge in [-0.2, -0.15) is 0 Å². The van der Waals surface area contributed by atoms with Gasteiger partial charge in [-0.15, -0.1) is 0 Å². The maximum atomic E-state index is 11.3. The standard InChI is InChI=1S/C14H14N2O3.CHN/c1-9-7-11(17)12(13(15)18)14(16-9)19-8-10-5-3-2-4-6-10;1-2/h2-7H,8H2,1H3,(H2,15,18)(H,16,17);1H. The van der Waals surface area contributed by atoms with Crippen molar-refractivity contribution in [3.05, 3.63) is 53.2 Å². The lowest BCUT2D eigenvalue weighted by Gasteiger charge is -2.10. The summed E-state index contributed by atoms with van der Waals surface area (Å²) >= 11 is 0. The summed E-state index contributed by atoms with van der Waals surface area (Å²) in [5.74, 6) is -0.940. The molecule has 1 amide bonds. The van der Waals surface area contributed by atoms with Gasteiger partial charge < -0.3 is 15.6 Å². The number of nitrogens with zero attached hydrogens (tertiary/aromatic N) is 2. The van der Waals surface area contributed by atoms with Gasteiger partial charge >= 0.3 is 0 Å². The molecule has 108 valence electrons. The highest BCUT2D eigenvalue weighted by molar-refractivity contribution is 5.97. The monoisotopic (exact) mass is 285 g/mol. The van der Waals surface area contributed by atoms with Crippen molar-refractivity contribution in [1.29, 1.82) is 5.26 Å². The SMILES string of the molecule is C#N.Cc1cc(O)c(C(N)=O)c(OCc2ccccc2)n1. The van der Waals surface area contributed by atoms with Gasteiger partial charge in [0.15, 0.2) is 0 Å². The maximum Gasteiger partial charge on any atom is 0.258 e. The van der Waals surface area contributed by atoms with E-state index in [1.807, 2.05) is 30.3 Å². The Bertz CT molecular complexity index is 639. The molecule has 6 nitrogen and oxygen atoms in total. The number of aryl methyl sites for hydroxylation is 1. The third-order valence-corrected chi connectivity index (χ3v) is 2.56. The number of ether oxygens (including phenoxy) is 1. The van der Waals surface area contributed by atoms with Crippen LogP contribution in [0.25, 0.3) is 0 Å². The summed E-state index contributed by atoms with van der Waals surface area (Å²) in [4.78, 5) is 15.4. The van der Waals surface area contributed by atoms with E-state index in [2.05, 4.69) is 11.6 Å². The average Bonchev–Trinajstić information content (AvgIpc) is 2.47. The topological polar surface area (TPSA) is 109 Å². The van der Waals surface area contributed by atoms with E-state index >= 15 is 0 Å². The van der Waals surface area contributed by atoms with Crippen LogP contribution in [-0.4, -0.2) is 16.0 Å². The molecule has 6 heteroatoms. The predicted molar refractivity (Wildman–Crippen MR) is 76.6 cm³/mol. The molecule has 0 bridgehead atoms. The molecule has 2 aromatic rings. The lowest BCUT2D eigenvalue weighted by Crippen LogP contribution is -2.14. The van der Waals surface area contributed by atoms with Gasteiger partial charge in [0.05, 0.1) is 0 Å². The smallest absolute Gasteiger partial charge is 0.258 e. The Morgan fingerprint density at radius 1 is 1.38 bits per heavy atom. The maximum absolute atomic E-state index is 11.3. The first-order chi connectivity index (χ1) is 10.1. The summed E-state index contributed by atoms with van der Waals surface area (Å²) in [5, 5.41) is 16.2. The van der Waals surface area contributed by atoms with E-state index in [0.29, 0.717) is 5.69 Å². The number of pyridine rings is 1. The van der Waals surface area contributed by atoms with Crippen molar-refractivity contribution in [3.63, 3.8) is 0 Å². The largest absolute Gasteiger partial charge is 0.507 e. The molecule has 0 saturated carbocycles. The Hall–Kier alpha value is -3.07. The summed E-state index contributed by atoms with van der Waals surface area (Å²) in [6.45, 7) is 5.44. The molecular weight excluding hydrogens is 270 g/mol. The fourth-order valence-electron chi connectivity index (χ4n) is 1.69. The van der Waals surface area contributed by atoms with Crippen LogP contribution >= 0.6 is 0 Å². The number of benzene rings is 1. The normalized spacial score (nSPS) is 9.29. The third kappa shape index (κ3) is 4.21. The summed E-state index contributed by atoms with van der Waals surface area (Å²) in [7, 11) is 0. The lowest BCUT2D eigenvalue weighted by molar-refractivity contribution is 0.0992. The summed E-state index contributed by atoms with van der Waals surface area (Å²) < 4.78 is 5.47. The molecule has 0 radical (unpaired) electrons. The van der Waals surface area contributed by atoms with E-state index in [1.165, 1.54) is 6.07 Å². The van der Waals surface area contributed by atoms with E-state index in [9.17, 15) is 9.90 Å². The minimum absolute atomic E-state index is 0.0499. The van der Waals surface area contributed by atoms with Crippen LogP contribution in [-0.2, 0) is 6.61 Å². The van der Waals surface area contributed by atoms with Crippen LogP contribution in [0.5, 0.6) is 11.6 Å². The van der Waals surface area contributed by atoms with Crippen LogP contribution in [0.4, 0.5) is 0 Å². The van der Waals surface area contributed by atoms with E-state index in [1.54, 1.807) is 6.92 Å². The predicted octanol–water partition coefficient (Wildman–Crippen LogP) is 1.91. The summed E-state index contributed by atoms with van der Waals surface area (Å²) in [5.41, 5.74) is 6.60. The molecule has 2 rings (SSSR count). The number of rotatable bonds is 4. The van der Waals surface area contributed by atoms with Crippen LogP contribution < -0.4 is 10.5 Å². The Morgan fingerprint density at radius 3 is 2.57 bits per heavy atom. The van der Waals surface area contributed by atoms with Crippen LogP contribution in [0.15, 0.2) is 36.4 Å². The number of hydrogen-bond donors (Lipinski definition) is 2. The van der Waals surface area contributed by atoms with Gasteiger partial charge in [-0.25, -0.2) is 10.2 Å². The Balaban J connectivity index is 0.00000106. The number of aromatic hydroxyl groups is 1. The second-order valence-corrected chi connectivity index (χ2v) is 4.10. The summed E-state index contributed by atoms with van der Waals surface area (Å²) in [6.07, 6.45) is 0. The Kier molecular flexibility index (Phi) is 5.71.